The predicted octanol–water partition coefficient (Wildman–Crippen LogP) is 4.11. The second-order valence-corrected chi connectivity index (χ2v) is 7.86. The molecule has 0 spiro atoms. The van der Waals surface area contributed by atoms with Gasteiger partial charge in [0.15, 0.2) is 0 Å². The van der Waals surface area contributed by atoms with Gasteiger partial charge in [-0.1, -0.05) is 49.3 Å². The average Bonchev–Trinajstić information content (AvgIpc) is 3.27. The summed E-state index contributed by atoms with van der Waals surface area (Å²) in [5, 5.41) is 6.38. The van der Waals surface area contributed by atoms with Crippen LogP contribution in [0, 0.1) is 11.6 Å². The molecule has 2 heterocycles. The standard InChI is InChI=1S/C22H20F2N4O3/c1-12(2)13-4-6-14(7-5-13)19-25-18(31-27-19)11-28-20(29)22(3,26-21(28)30)16-9-8-15(23)10-17(16)24/h4-10,12H,11H2,1-3H3,(H,26,30). The van der Waals surface area contributed by atoms with E-state index in [-0.39, 0.29) is 18.0 Å². The molecule has 1 atom stereocenters. The highest BCUT2D eigenvalue weighted by molar-refractivity contribution is 6.07. The van der Waals surface area contributed by atoms with Crippen molar-refractivity contribution in [2.24, 2.45) is 0 Å². The van der Waals surface area contributed by atoms with Gasteiger partial charge >= 0.3 is 6.03 Å². The molecule has 1 saturated heterocycles. The summed E-state index contributed by atoms with van der Waals surface area (Å²) in [4.78, 5) is 30.5. The molecular weight excluding hydrogens is 406 g/mol. The van der Waals surface area contributed by atoms with E-state index in [4.69, 9.17) is 4.52 Å². The lowest BCUT2D eigenvalue weighted by molar-refractivity contribution is -0.131. The van der Waals surface area contributed by atoms with E-state index >= 15 is 0 Å². The van der Waals surface area contributed by atoms with Gasteiger partial charge in [0.2, 0.25) is 11.7 Å². The van der Waals surface area contributed by atoms with Gasteiger partial charge in [0.05, 0.1) is 0 Å². The van der Waals surface area contributed by atoms with Gasteiger partial charge in [0.1, 0.15) is 23.7 Å². The molecule has 9 heteroatoms. The molecule has 0 bridgehead atoms. The molecule has 0 saturated carbocycles. The van der Waals surface area contributed by atoms with Crippen LogP contribution in [-0.4, -0.2) is 27.0 Å². The first kappa shape index (κ1) is 20.6. The van der Waals surface area contributed by atoms with Gasteiger partial charge in [-0.2, -0.15) is 4.98 Å². The van der Waals surface area contributed by atoms with Crippen LogP contribution >= 0.6 is 0 Å². The molecule has 3 aromatic rings. The van der Waals surface area contributed by atoms with E-state index in [0.29, 0.717) is 17.8 Å². The minimum atomic E-state index is -1.68. The molecule has 4 rings (SSSR count). The van der Waals surface area contributed by atoms with Crippen molar-refractivity contribution >= 4 is 11.9 Å². The van der Waals surface area contributed by atoms with Gasteiger partial charge in [-0.3, -0.25) is 9.69 Å². The lowest BCUT2D eigenvalue weighted by Crippen LogP contribution is -2.41. The second kappa shape index (κ2) is 7.57. The highest BCUT2D eigenvalue weighted by Crippen LogP contribution is 2.32. The van der Waals surface area contributed by atoms with Crippen molar-refractivity contribution < 1.29 is 22.9 Å². The number of aromatic nitrogens is 2. The van der Waals surface area contributed by atoms with Gasteiger partial charge < -0.3 is 9.84 Å². The molecule has 1 aliphatic heterocycles. The van der Waals surface area contributed by atoms with Crippen molar-refractivity contribution in [2.45, 2.75) is 38.8 Å². The third kappa shape index (κ3) is 3.67. The topological polar surface area (TPSA) is 88.3 Å². The Labute approximate surface area is 177 Å². The lowest BCUT2D eigenvalue weighted by Gasteiger charge is -2.22. The SMILES string of the molecule is CC(C)c1ccc(-c2noc(CN3C(=O)NC(C)(c4ccc(F)cc4F)C3=O)n2)cc1. The number of carbonyl (C=O) groups excluding carboxylic acids is 2. The second-order valence-electron chi connectivity index (χ2n) is 7.86. The third-order valence-electron chi connectivity index (χ3n) is 5.34. The maximum atomic E-state index is 14.3. The first-order chi connectivity index (χ1) is 14.7. The number of rotatable bonds is 5. The van der Waals surface area contributed by atoms with E-state index < -0.39 is 29.1 Å². The summed E-state index contributed by atoms with van der Waals surface area (Å²) < 4.78 is 32.7. The largest absolute Gasteiger partial charge is 0.337 e. The molecule has 1 aromatic heterocycles. The molecule has 0 aliphatic carbocycles. The number of benzene rings is 2. The highest BCUT2D eigenvalue weighted by atomic mass is 19.1. The summed E-state index contributed by atoms with van der Waals surface area (Å²) in [6, 6.07) is 9.76. The molecule has 2 aromatic carbocycles. The molecule has 1 fully saturated rings. The number of halogens is 2. The molecular formula is C22H20F2N4O3. The van der Waals surface area contributed by atoms with Crippen LogP contribution in [0.25, 0.3) is 11.4 Å². The Morgan fingerprint density at radius 2 is 1.84 bits per heavy atom. The summed E-state index contributed by atoms with van der Waals surface area (Å²) >= 11 is 0. The van der Waals surface area contributed by atoms with Gasteiger partial charge in [0.25, 0.3) is 5.91 Å². The molecule has 31 heavy (non-hydrogen) atoms. The van der Waals surface area contributed by atoms with Crippen LogP contribution < -0.4 is 5.32 Å². The van der Waals surface area contributed by atoms with Crippen molar-refractivity contribution in [3.05, 3.63) is 71.1 Å². The Morgan fingerprint density at radius 3 is 2.48 bits per heavy atom. The molecule has 3 amide bonds. The fourth-order valence-electron chi connectivity index (χ4n) is 3.51. The molecule has 1 N–H and O–H groups in total. The van der Waals surface area contributed by atoms with Crippen LogP contribution in [0.1, 0.15) is 43.7 Å². The van der Waals surface area contributed by atoms with E-state index in [2.05, 4.69) is 29.3 Å². The molecule has 1 aliphatic rings. The molecule has 7 nitrogen and oxygen atoms in total. The molecule has 160 valence electrons. The van der Waals surface area contributed by atoms with Crippen LogP contribution in [0.4, 0.5) is 13.6 Å². The Balaban J connectivity index is 1.55. The van der Waals surface area contributed by atoms with E-state index in [0.717, 1.165) is 22.6 Å². The molecule has 1 unspecified atom stereocenters. The summed E-state index contributed by atoms with van der Waals surface area (Å²) in [6.45, 7) is 5.26. The zero-order valence-electron chi connectivity index (χ0n) is 17.1. The van der Waals surface area contributed by atoms with E-state index in [9.17, 15) is 18.4 Å². The van der Waals surface area contributed by atoms with Crippen LogP contribution in [-0.2, 0) is 16.9 Å². The van der Waals surface area contributed by atoms with Crippen LogP contribution in [0.15, 0.2) is 47.0 Å². The summed E-state index contributed by atoms with van der Waals surface area (Å²) in [6.07, 6.45) is 0. The zero-order valence-corrected chi connectivity index (χ0v) is 17.1. The smallest absolute Gasteiger partial charge is 0.325 e. The number of hydrogen-bond acceptors (Lipinski definition) is 5. The van der Waals surface area contributed by atoms with Crippen molar-refractivity contribution in [1.82, 2.24) is 20.4 Å². The van der Waals surface area contributed by atoms with Crippen molar-refractivity contribution in [3.8, 4) is 11.4 Å². The van der Waals surface area contributed by atoms with Gasteiger partial charge in [-0.15, -0.1) is 0 Å². The fraction of sp³-hybridized carbons (Fsp3) is 0.273. The predicted molar refractivity (Wildman–Crippen MR) is 107 cm³/mol. The fourth-order valence-corrected chi connectivity index (χ4v) is 3.51. The van der Waals surface area contributed by atoms with Crippen molar-refractivity contribution in [1.29, 1.82) is 0 Å². The zero-order chi connectivity index (χ0) is 22.3. The Hall–Kier alpha value is -3.62. The minimum Gasteiger partial charge on any atom is -0.337 e. The maximum Gasteiger partial charge on any atom is 0.325 e. The molecule has 0 radical (unpaired) electrons. The normalized spacial score (nSPS) is 18.7. The average molecular weight is 426 g/mol. The van der Waals surface area contributed by atoms with Crippen molar-refractivity contribution in [3.63, 3.8) is 0 Å². The quantitative estimate of drug-likeness (QED) is 0.621. The van der Waals surface area contributed by atoms with E-state index in [1.54, 1.807) is 0 Å². The third-order valence-corrected chi connectivity index (χ3v) is 5.34. The van der Waals surface area contributed by atoms with Crippen molar-refractivity contribution in [2.75, 3.05) is 0 Å². The Bertz CT molecular complexity index is 1160. The van der Waals surface area contributed by atoms with Gasteiger partial charge in [0, 0.05) is 17.2 Å². The summed E-state index contributed by atoms with van der Waals surface area (Å²) in [7, 11) is 0. The van der Waals surface area contributed by atoms with E-state index in [1.807, 2.05) is 24.3 Å². The number of hydrogen-bond donors (Lipinski definition) is 1. The summed E-state index contributed by atoms with van der Waals surface area (Å²) in [5.74, 6) is -1.65. The summed E-state index contributed by atoms with van der Waals surface area (Å²) in [5.41, 5.74) is 0.0878. The monoisotopic (exact) mass is 426 g/mol. The Morgan fingerprint density at radius 1 is 1.13 bits per heavy atom. The maximum absolute atomic E-state index is 14.3. The first-order valence-corrected chi connectivity index (χ1v) is 9.71. The van der Waals surface area contributed by atoms with Crippen LogP contribution in [0.5, 0.6) is 0 Å². The van der Waals surface area contributed by atoms with Gasteiger partial charge in [-0.05, 0) is 24.5 Å². The number of nitrogens with one attached hydrogen (secondary N) is 1. The first-order valence-electron chi connectivity index (χ1n) is 9.71. The number of imide groups is 1. The number of carbonyl (C=O) groups is 2. The lowest BCUT2D eigenvalue weighted by atomic mass is 9.91. The van der Waals surface area contributed by atoms with Crippen LogP contribution in [0.2, 0.25) is 0 Å². The van der Waals surface area contributed by atoms with Gasteiger partial charge in [-0.25, -0.2) is 13.6 Å². The highest BCUT2D eigenvalue weighted by Gasteiger charge is 2.50. The number of amides is 3. The minimum absolute atomic E-state index is 0.0512. The number of urea groups is 1. The Kier molecular flexibility index (Phi) is 5.04. The number of nitrogens with zero attached hydrogens (tertiary/aromatic N) is 3. The van der Waals surface area contributed by atoms with Crippen LogP contribution in [0.3, 0.4) is 0 Å². The van der Waals surface area contributed by atoms with E-state index in [1.165, 1.54) is 12.5 Å².